The lowest BCUT2D eigenvalue weighted by Gasteiger charge is -2.26. The summed E-state index contributed by atoms with van der Waals surface area (Å²) in [5.74, 6) is 1.48. The van der Waals surface area contributed by atoms with Crippen molar-refractivity contribution in [1.29, 1.82) is 0 Å². The van der Waals surface area contributed by atoms with Gasteiger partial charge in [0.2, 0.25) is 0 Å². The summed E-state index contributed by atoms with van der Waals surface area (Å²) in [4.78, 5) is 15.7. The van der Waals surface area contributed by atoms with Crippen LogP contribution in [-0.2, 0) is 0 Å². The highest BCUT2D eigenvalue weighted by Gasteiger charge is 2.25. The van der Waals surface area contributed by atoms with Gasteiger partial charge in [0.15, 0.2) is 5.84 Å². The van der Waals surface area contributed by atoms with Gasteiger partial charge in [0, 0.05) is 22.4 Å². The Morgan fingerprint density at radius 1 is 0.344 bits per heavy atom. The minimum absolute atomic E-state index is 0.227. The number of amidine groups is 2. The van der Waals surface area contributed by atoms with Gasteiger partial charge >= 0.3 is 0 Å². The predicted octanol–water partition coefficient (Wildman–Crippen LogP) is 13.5. The molecule has 0 aromatic heterocycles. The van der Waals surface area contributed by atoms with E-state index < -0.39 is 0 Å². The average molecular weight is 822 g/mol. The zero-order chi connectivity index (χ0) is 42.7. The van der Waals surface area contributed by atoms with Gasteiger partial charge in [-0.2, -0.15) is 0 Å². The smallest absolute Gasteiger partial charge is 0.160 e. The van der Waals surface area contributed by atoms with Crippen LogP contribution in [0, 0.1) is 0 Å². The zero-order valence-electron chi connectivity index (χ0n) is 35.0. The maximum atomic E-state index is 5.29. The first-order valence-electron chi connectivity index (χ1n) is 21.7. The third kappa shape index (κ3) is 7.61. The maximum absolute atomic E-state index is 5.29. The van der Waals surface area contributed by atoms with E-state index in [2.05, 4.69) is 211 Å². The van der Waals surface area contributed by atoms with E-state index in [-0.39, 0.29) is 12.3 Å². The molecular weight excluding hydrogens is 779 g/mol. The van der Waals surface area contributed by atoms with Crippen molar-refractivity contribution in [2.24, 2.45) is 15.0 Å². The van der Waals surface area contributed by atoms with Crippen LogP contribution < -0.4 is 10.6 Å². The molecule has 304 valence electrons. The van der Waals surface area contributed by atoms with Crippen LogP contribution in [0.3, 0.4) is 0 Å². The minimum Gasteiger partial charge on any atom is -0.359 e. The fraction of sp³-hybridized carbons (Fsp3) is 0.0339. The van der Waals surface area contributed by atoms with E-state index in [1.807, 2.05) is 36.4 Å². The molecule has 2 aliphatic heterocycles. The summed E-state index contributed by atoms with van der Waals surface area (Å²) in [5.41, 5.74) is 15.1. The Hall–Kier alpha value is -8.41. The highest BCUT2D eigenvalue weighted by Crippen LogP contribution is 2.41. The standard InChI is InChI=1S/C59H43N5/c1-5-20-42(21-6-1)53-39-54(61-56(60-53)44-22-7-2-8-23-44)50-31-17-15-28-47(50)41-33-35-43(36-34-41)55-48-29-14-13-19-40(48)37-38-51(55)49-30-16-18-32-52(49)59-63-57(45-24-9-3-10-25-45)62-58(64-59)46-26-11-4-12-27-46/h1-39,56-57,61H,(H,62,63,64). The van der Waals surface area contributed by atoms with Crippen molar-refractivity contribution < 1.29 is 0 Å². The van der Waals surface area contributed by atoms with Crippen LogP contribution in [0.25, 0.3) is 49.9 Å². The molecule has 64 heavy (non-hydrogen) atoms. The van der Waals surface area contributed by atoms with Crippen molar-refractivity contribution in [2.75, 3.05) is 0 Å². The van der Waals surface area contributed by atoms with E-state index in [1.165, 1.54) is 10.8 Å². The summed E-state index contributed by atoms with van der Waals surface area (Å²) in [6, 6.07) is 81.0. The first-order chi connectivity index (χ1) is 31.7. The number of nitrogens with one attached hydrogen (secondary N) is 2. The van der Waals surface area contributed by atoms with Crippen LogP contribution in [0.2, 0.25) is 0 Å². The lowest BCUT2D eigenvalue weighted by atomic mass is 9.87. The van der Waals surface area contributed by atoms with E-state index >= 15 is 0 Å². The maximum Gasteiger partial charge on any atom is 0.160 e. The molecule has 2 N–H and O–H groups in total. The number of hydrogen-bond acceptors (Lipinski definition) is 5. The third-order valence-electron chi connectivity index (χ3n) is 12.0. The summed E-state index contributed by atoms with van der Waals surface area (Å²) in [6.07, 6.45) is 1.66. The number of nitrogens with zero attached hydrogens (tertiary/aromatic N) is 3. The van der Waals surface area contributed by atoms with Crippen LogP contribution in [-0.4, -0.2) is 17.4 Å². The molecule has 0 aliphatic carbocycles. The number of aliphatic imine (C=N–C) groups is 3. The van der Waals surface area contributed by atoms with Gasteiger partial charge < -0.3 is 10.6 Å². The first-order valence-corrected chi connectivity index (χ1v) is 21.7. The van der Waals surface area contributed by atoms with Crippen molar-refractivity contribution in [1.82, 2.24) is 10.6 Å². The average Bonchev–Trinajstić information content (AvgIpc) is 3.39. The molecule has 5 heteroatoms. The Morgan fingerprint density at radius 3 is 1.56 bits per heavy atom. The molecule has 0 saturated heterocycles. The molecule has 2 atom stereocenters. The van der Waals surface area contributed by atoms with Gasteiger partial charge in [-0.05, 0) is 66.9 Å². The molecule has 0 bridgehead atoms. The quantitative estimate of drug-likeness (QED) is 0.152. The Bertz CT molecular complexity index is 3250. The van der Waals surface area contributed by atoms with Crippen LogP contribution in [0.5, 0.6) is 0 Å². The summed E-state index contributed by atoms with van der Waals surface area (Å²) < 4.78 is 0. The monoisotopic (exact) mass is 821 g/mol. The first kappa shape index (κ1) is 38.5. The van der Waals surface area contributed by atoms with Crippen LogP contribution in [0.15, 0.2) is 252 Å². The predicted molar refractivity (Wildman–Crippen MR) is 265 cm³/mol. The molecule has 0 spiro atoms. The molecule has 5 nitrogen and oxygen atoms in total. The molecule has 0 radical (unpaired) electrons. The number of hydrogen-bond donors (Lipinski definition) is 2. The molecule has 9 aromatic rings. The van der Waals surface area contributed by atoms with Gasteiger partial charge in [-0.1, -0.05) is 231 Å². The Kier molecular flexibility index (Phi) is 10.3. The van der Waals surface area contributed by atoms with Gasteiger partial charge in [0.05, 0.1) is 5.71 Å². The Labute approximate surface area is 373 Å². The molecule has 11 rings (SSSR count). The topological polar surface area (TPSA) is 61.1 Å². The summed E-state index contributed by atoms with van der Waals surface area (Å²) >= 11 is 0. The van der Waals surface area contributed by atoms with Crippen LogP contribution >= 0.6 is 0 Å². The lowest BCUT2D eigenvalue weighted by molar-refractivity contribution is 0.664. The van der Waals surface area contributed by atoms with E-state index in [9.17, 15) is 0 Å². The van der Waals surface area contributed by atoms with E-state index in [1.54, 1.807) is 0 Å². The van der Waals surface area contributed by atoms with Gasteiger partial charge in [-0.3, -0.25) is 4.99 Å². The number of rotatable bonds is 9. The second-order valence-electron chi connectivity index (χ2n) is 16.0. The zero-order valence-corrected chi connectivity index (χ0v) is 35.0. The molecule has 2 aliphatic rings. The van der Waals surface area contributed by atoms with E-state index in [0.717, 1.165) is 84.0 Å². The molecular formula is C59H43N5. The Morgan fingerprint density at radius 2 is 0.875 bits per heavy atom. The highest BCUT2D eigenvalue weighted by molar-refractivity contribution is 6.17. The van der Waals surface area contributed by atoms with Crippen molar-refractivity contribution >= 4 is 33.9 Å². The largest absolute Gasteiger partial charge is 0.359 e. The Balaban J connectivity index is 1.01. The number of benzene rings is 9. The number of fused-ring (bicyclic) bond motifs is 1. The van der Waals surface area contributed by atoms with Crippen molar-refractivity contribution in [3.05, 3.63) is 270 Å². The van der Waals surface area contributed by atoms with Crippen molar-refractivity contribution in [3.63, 3.8) is 0 Å². The van der Waals surface area contributed by atoms with Gasteiger partial charge in [0.25, 0.3) is 0 Å². The molecule has 0 fully saturated rings. The minimum atomic E-state index is -0.301. The van der Waals surface area contributed by atoms with E-state index in [0.29, 0.717) is 5.84 Å². The van der Waals surface area contributed by atoms with Gasteiger partial charge in [-0.15, -0.1) is 0 Å². The second kappa shape index (κ2) is 17.2. The fourth-order valence-corrected chi connectivity index (χ4v) is 8.87. The van der Waals surface area contributed by atoms with Crippen LogP contribution in [0.4, 0.5) is 0 Å². The molecule has 9 aromatic carbocycles. The highest BCUT2D eigenvalue weighted by atomic mass is 15.2. The van der Waals surface area contributed by atoms with E-state index in [4.69, 9.17) is 15.0 Å². The number of allylic oxidation sites excluding steroid dienone is 1. The van der Waals surface area contributed by atoms with Crippen LogP contribution in [0.1, 0.15) is 45.7 Å². The van der Waals surface area contributed by atoms with Crippen molar-refractivity contribution in [3.8, 4) is 33.4 Å². The summed E-state index contributed by atoms with van der Waals surface area (Å²) in [5, 5.41) is 9.77. The normalized spacial score (nSPS) is 15.8. The fourth-order valence-electron chi connectivity index (χ4n) is 8.87. The molecule has 0 amide bonds. The lowest BCUT2D eigenvalue weighted by Crippen LogP contribution is -2.33. The molecule has 2 unspecified atom stereocenters. The summed E-state index contributed by atoms with van der Waals surface area (Å²) in [7, 11) is 0. The molecule has 0 saturated carbocycles. The third-order valence-corrected chi connectivity index (χ3v) is 12.0. The second-order valence-corrected chi connectivity index (χ2v) is 16.0. The van der Waals surface area contributed by atoms with Gasteiger partial charge in [0.1, 0.15) is 18.2 Å². The molecule has 2 heterocycles. The van der Waals surface area contributed by atoms with Crippen molar-refractivity contribution in [2.45, 2.75) is 12.3 Å². The van der Waals surface area contributed by atoms with Gasteiger partial charge in [-0.25, -0.2) is 9.98 Å². The summed E-state index contributed by atoms with van der Waals surface area (Å²) in [6.45, 7) is 0. The SMILES string of the molecule is C1=C(c2ccccc2-c2ccc(-c3c(-c4ccccc4C4=NC(c5ccccc5)NC(c5ccccc5)=N4)ccc4ccccc34)cc2)NC(c2ccccc2)N=C1c1ccccc1.